The smallest absolute Gasteiger partial charge is 0.120 e. The molecule has 1 N–H and O–H groups in total. The van der Waals surface area contributed by atoms with Gasteiger partial charge in [0.2, 0.25) is 0 Å². The van der Waals surface area contributed by atoms with Crippen molar-refractivity contribution in [2.24, 2.45) is 0 Å². The number of halogens is 1. The molecule has 0 saturated heterocycles. The number of hydrogen-bond donors (Lipinski definition) is 1. The second kappa shape index (κ2) is 6.97. The molecular weight excluding hydrogens is 282 g/mol. The minimum Gasteiger partial charge on any atom is -0.497 e. The molecular formula is C18H22ClNO. The van der Waals surface area contributed by atoms with Crippen LogP contribution in [0.1, 0.15) is 35.2 Å². The van der Waals surface area contributed by atoms with Crippen molar-refractivity contribution in [2.45, 2.75) is 26.8 Å². The van der Waals surface area contributed by atoms with Crippen LogP contribution in [0.3, 0.4) is 0 Å². The van der Waals surface area contributed by atoms with E-state index >= 15 is 0 Å². The monoisotopic (exact) mass is 303 g/mol. The van der Waals surface area contributed by atoms with Gasteiger partial charge in [-0.3, -0.25) is 0 Å². The molecule has 0 amide bonds. The van der Waals surface area contributed by atoms with Crippen molar-refractivity contribution in [3.63, 3.8) is 0 Å². The Kier molecular flexibility index (Phi) is 5.27. The molecule has 0 aliphatic carbocycles. The van der Waals surface area contributed by atoms with Gasteiger partial charge in [-0.05, 0) is 43.7 Å². The molecule has 0 aliphatic rings. The van der Waals surface area contributed by atoms with Crippen LogP contribution in [0.4, 0.5) is 0 Å². The number of aryl methyl sites for hydroxylation is 2. The van der Waals surface area contributed by atoms with Crippen LogP contribution in [0.5, 0.6) is 5.75 Å². The van der Waals surface area contributed by atoms with Crippen molar-refractivity contribution >= 4 is 11.6 Å². The minimum absolute atomic E-state index is 0.0898. The summed E-state index contributed by atoms with van der Waals surface area (Å²) in [5, 5.41) is 4.24. The highest BCUT2D eigenvalue weighted by Crippen LogP contribution is 2.32. The van der Waals surface area contributed by atoms with E-state index in [0.29, 0.717) is 0 Å². The first-order valence-electron chi connectivity index (χ1n) is 7.20. The van der Waals surface area contributed by atoms with Crippen LogP contribution in [-0.4, -0.2) is 13.7 Å². The molecule has 2 aromatic carbocycles. The van der Waals surface area contributed by atoms with Gasteiger partial charge in [-0.15, -0.1) is 0 Å². The molecule has 0 heterocycles. The lowest BCUT2D eigenvalue weighted by Crippen LogP contribution is -2.22. The Balaban J connectivity index is 2.47. The Morgan fingerprint density at radius 2 is 1.76 bits per heavy atom. The average molecular weight is 304 g/mol. The number of rotatable bonds is 5. The zero-order valence-electron chi connectivity index (χ0n) is 13.0. The first-order valence-corrected chi connectivity index (χ1v) is 7.58. The van der Waals surface area contributed by atoms with Gasteiger partial charge in [0.25, 0.3) is 0 Å². The Bertz CT molecular complexity index is 604. The number of benzene rings is 2. The summed E-state index contributed by atoms with van der Waals surface area (Å²) in [5.41, 5.74) is 4.83. The third-order valence-corrected chi connectivity index (χ3v) is 3.83. The maximum absolute atomic E-state index is 6.45. The molecule has 0 bridgehead atoms. The van der Waals surface area contributed by atoms with Crippen LogP contribution in [0, 0.1) is 13.8 Å². The maximum Gasteiger partial charge on any atom is 0.120 e. The highest BCUT2D eigenvalue weighted by Gasteiger charge is 2.17. The molecule has 0 spiro atoms. The second-order valence-electron chi connectivity index (χ2n) is 5.30. The lowest BCUT2D eigenvalue weighted by atomic mass is 9.95. The molecule has 0 fully saturated rings. The van der Waals surface area contributed by atoms with Crippen LogP contribution in [0.2, 0.25) is 5.02 Å². The van der Waals surface area contributed by atoms with Crippen molar-refractivity contribution in [3.8, 4) is 5.75 Å². The molecule has 0 radical (unpaired) electrons. The summed E-state index contributed by atoms with van der Waals surface area (Å²) in [6, 6.07) is 12.5. The van der Waals surface area contributed by atoms with Crippen LogP contribution in [-0.2, 0) is 0 Å². The highest BCUT2D eigenvalue weighted by atomic mass is 35.5. The van der Waals surface area contributed by atoms with Gasteiger partial charge in [0.1, 0.15) is 5.75 Å². The molecule has 2 aromatic rings. The summed E-state index contributed by atoms with van der Waals surface area (Å²) in [7, 11) is 1.65. The second-order valence-corrected chi connectivity index (χ2v) is 5.71. The van der Waals surface area contributed by atoms with Crippen molar-refractivity contribution in [1.82, 2.24) is 5.32 Å². The third-order valence-electron chi connectivity index (χ3n) is 3.50. The van der Waals surface area contributed by atoms with E-state index in [9.17, 15) is 0 Å². The largest absolute Gasteiger partial charge is 0.497 e. The Morgan fingerprint density at radius 3 is 2.29 bits per heavy atom. The standard InChI is InChI=1S/C18H22ClNO/c1-5-20-18(14-9-12(2)8-13(3)10-14)16-7-6-15(21-4)11-17(16)19/h6-11,18,20H,5H2,1-4H3. The molecule has 3 heteroatoms. The van der Waals surface area contributed by atoms with E-state index < -0.39 is 0 Å². The summed E-state index contributed by atoms with van der Waals surface area (Å²) in [6.07, 6.45) is 0. The molecule has 2 rings (SSSR count). The van der Waals surface area contributed by atoms with E-state index in [0.717, 1.165) is 22.9 Å². The van der Waals surface area contributed by atoms with Gasteiger partial charge in [0, 0.05) is 5.02 Å². The van der Waals surface area contributed by atoms with E-state index in [1.54, 1.807) is 7.11 Å². The molecule has 1 unspecified atom stereocenters. The van der Waals surface area contributed by atoms with Crippen LogP contribution < -0.4 is 10.1 Å². The maximum atomic E-state index is 6.45. The molecule has 0 aromatic heterocycles. The van der Waals surface area contributed by atoms with Gasteiger partial charge in [-0.2, -0.15) is 0 Å². The first-order chi connectivity index (χ1) is 10.0. The Hall–Kier alpha value is -1.51. The summed E-state index contributed by atoms with van der Waals surface area (Å²) in [5.74, 6) is 0.777. The summed E-state index contributed by atoms with van der Waals surface area (Å²) in [6.45, 7) is 7.22. The highest BCUT2D eigenvalue weighted by molar-refractivity contribution is 6.31. The molecule has 0 aliphatic heterocycles. The van der Waals surface area contributed by atoms with E-state index in [4.69, 9.17) is 16.3 Å². The minimum atomic E-state index is 0.0898. The fourth-order valence-corrected chi connectivity index (χ4v) is 2.94. The molecule has 1 atom stereocenters. The van der Waals surface area contributed by atoms with Crippen LogP contribution in [0.15, 0.2) is 36.4 Å². The normalized spacial score (nSPS) is 12.2. The number of nitrogens with one attached hydrogen (secondary N) is 1. The Labute approximate surface area is 132 Å². The lowest BCUT2D eigenvalue weighted by Gasteiger charge is -2.21. The van der Waals surface area contributed by atoms with Crippen LogP contribution >= 0.6 is 11.6 Å². The van der Waals surface area contributed by atoms with E-state index in [1.807, 2.05) is 18.2 Å². The van der Waals surface area contributed by atoms with Gasteiger partial charge in [-0.25, -0.2) is 0 Å². The predicted molar refractivity (Wildman–Crippen MR) is 89.4 cm³/mol. The van der Waals surface area contributed by atoms with Crippen molar-refractivity contribution < 1.29 is 4.74 Å². The first kappa shape index (κ1) is 15.9. The van der Waals surface area contributed by atoms with E-state index in [-0.39, 0.29) is 6.04 Å². The van der Waals surface area contributed by atoms with E-state index in [1.165, 1.54) is 16.7 Å². The summed E-state index contributed by atoms with van der Waals surface area (Å²) in [4.78, 5) is 0. The average Bonchev–Trinajstić information content (AvgIpc) is 2.44. The number of hydrogen-bond acceptors (Lipinski definition) is 2. The van der Waals surface area contributed by atoms with E-state index in [2.05, 4.69) is 44.3 Å². The molecule has 0 saturated carbocycles. The molecule has 112 valence electrons. The predicted octanol–water partition coefficient (Wildman–Crippen LogP) is 4.66. The molecule has 2 nitrogen and oxygen atoms in total. The fourth-order valence-electron chi connectivity index (χ4n) is 2.66. The SMILES string of the molecule is CCNC(c1cc(C)cc(C)c1)c1ccc(OC)cc1Cl. The van der Waals surface area contributed by atoms with Gasteiger partial charge in [0.05, 0.1) is 13.2 Å². The summed E-state index contributed by atoms with van der Waals surface area (Å²) < 4.78 is 5.23. The number of methoxy groups -OCH3 is 1. The topological polar surface area (TPSA) is 21.3 Å². The van der Waals surface area contributed by atoms with Crippen LogP contribution in [0.25, 0.3) is 0 Å². The lowest BCUT2D eigenvalue weighted by molar-refractivity contribution is 0.414. The van der Waals surface area contributed by atoms with Crippen molar-refractivity contribution in [2.75, 3.05) is 13.7 Å². The molecule has 21 heavy (non-hydrogen) atoms. The zero-order chi connectivity index (χ0) is 15.4. The third kappa shape index (κ3) is 3.78. The van der Waals surface area contributed by atoms with Gasteiger partial charge in [-0.1, -0.05) is 53.9 Å². The van der Waals surface area contributed by atoms with Gasteiger partial charge < -0.3 is 10.1 Å². The summed E-state index contributed by atoms with van der Waals surface area (Å²) >= 11 is 6.45. The van der Waals surface area contributed by atoms with Gasteiger partial charge in [0.15, 0.2) is 0 Å². The number of ether oxygens (including phenoxy) is 1. The Morgan fingerprint density at radius 1 is 1.10 bits per heavy atom. The van der Waals surface area contributed by atoms with Crippen molar-refractivity contribution in [1.29, 1.82) is 0 Å². The quantitative estimate of drug-likeness (QED) is 0.867. The van der Waals surface area contributed by atoms with Gasteiger partial charge >= 0.3 is 0 Å². The zero-order valence-corrected chi connectivity index (χ0v) is 13.8. The fraction of sp³-hybridized carbons (Fsp3) is 0.333. The van der Waals surface area contributed by atoms with Crippen molar-refractivity contribution in [3.05, 3.63) is 63.7 Å².